The number of carbonyl (C=O) groups excluding carboxylic acids is 2. The largest absolute Gasteiger partial charge is 0.481 e. The lowest BCUT2D eigenvalue weighted by Gasteiger charge is -2.28. The molecule has 1 aromatic rings. The molecule has 2 N–H and O–H groups in total. The van der Waals surface area contributed by atoms with E-state index >= 15 is 0 Å². The van der Waals surface area contributed by atoms with Crippen LogP contribution < -0.4 is 5.32 Å². The van der Waals surface area contributed by atoms with Crippen LogP contribution >= 0.6 is 0 Å². The number of carbonyl (C=O) groups is 3. The lowest BCUT2D eigenvalue weighted by Crippen LogP contribution is -2.51. The maximum Gasteiger partial charge on any atom is 0.311 e. The molecule has 1 aliphatic rings. The van der Waals surface area contributed by atoms with Gasteiger partial charge in [-0.05, 0) is 38.3 Å². The molecule has 0 spiro atoms. The van der Waals surface area contributed by atoms with Gasteiger partial charge in [-0.3, -0.25) is 14.4 Å². The summed E-state index contributed by atoms with van der Waals surface area (Å²) in [6, 6.07) is 6.47. The Morgan fingerprint density at radius 1 is 1.20 bits per heavy atom. The smallest absolute Gasteiger partial charge is 0.311 e. The van der Waals surface area contributed by atoms with Crippen molar-refractivity contribution in [1.29, 1.82) is 0 Å². The third-order valence-corrected chi connectivity index (χ3v) is 4.83. The Labute approximate surface area is 148 Å². The topological polar surface area (TPSA) is 86.7 Å². The third-order valence-electron chi connectivity index (χ3n) is 4.83. The number of carboxylic acid groups (broad SMARTS) is 1. The van der Waals surface area contributed by atoms with Gasteiger partial charge in [0.2, 0.25) is 5.91 Å². The lowest BCUT2D eigenvalue weighted by molar-refractivity contribution is -0.147. The van der Waals surface area contributed by atoms with Gasteiger partial charge >= 0.3 is 5.97 Å². The van der Waals surface area contributed by atoms with Crippen molar-refractivity contribution in [2.24, 2.45) is 11.3 Å². The molecule has 2 unspecified atom stereocenters. The van der Waals surface area contributed by atoms with Gasteiger partial charge < -0.3 is 15.3 Å². The van der Waals surface area contributed by atoms with Crippen LogP contribution in [0.2, 0.25) is 0 Å². The minimum atomic E-state index is -0.918. The van der Waals surface area contributed by atoms with Crippen molar-refractivity contribution < 1.29 is 19.5 Å². The number of nitrogens with one attached hydrogen (secondary N) is 1. The van der Waals surface area contributed by atoms with Crippen molar-refractivity contribution in [3.63, 3.8) is 0 Å². The maximum absolute atomic E-state index is 12.8. The zero-order valence-corrected chi connectivity index (χ0v) is 15.2. The summed E-state index contributed by atoms with van der Waals surface area (Å²) in [6.07, 6.45) is 0.421. The highest BCUT2D eigenvalue weighted by atomic mass is 16.4. The van der Waals surface area contributed by atoms with Crippen LogP contribution in [0.25, 0.3) is 0 Å². The molecule has 1 heterocycles. The second kappa shape index (κ2) is 7.25. The fraction of sp³-hybridized carbons (Fsp3) is 0.526. The zero-order valence-electron chi connectivity index (χ0n) is 15.2. The average molecular weight is 346 g/mol. The van der Waals surface area contributed by atoms with E-state index in [4.69, 9.17) is 0 Å². The van der Waals surface area contributed by atoms with Gasteiger partial charge in [-0.15, -0.1) is 0 Å². The molecule has 6 nitrogen and oxygen atoms in total. The highest BCUT2D eigenvalue weighted by molar-refractivity contribution is 5.97. The third kappa shape index (κ3) is 4.18. The molecule has 1 aliphatic heterocycles. The summed E-state index contributed by atoms with van der Waals surface area (Å²) >= 11 is 0. The fourth-order valence-corrected chi connectivity index (χ4v) is 2.96. The SMILES string of the molecule is Cc1ccc(C(=O)NC(C(=O)N2CCC(C)(C(=O)O)C2)C(C)C)cc1. The van der Waals surface area contributed by atoms with Crippen LogP contribution in [0.1, 0.15) is 43.1 Å². The zero-order chi connectivity index (χ0) is 18.8. The Bertz CT molecular complexity index is 669. The number of hydrogen-bond acceptors (Lipinski definition) is 3. The van der Waals surface area contributed by atoms with Crippen LogP contribution in [0, 0.1) is 18.3 Å². The molecule has 1 saturated heterocycles. The van der Waals surface area contributed by atoms with Gasteiger partial charge in [0.05, 0.1) is 5.41 Å². The van der Waals surface area contributed by atoms with Gasteiger partial charge in [0.15, 0.2) is 0 Å². The van der Waals surface area contributed by atoms with Crippen molar-refractivity contribution in [1.82, 2.24) is 10.2 Å². The Morgan fingerprint density at radius 2 is 1.80 bits per heavy atom. The summed E-state index contributed by atoms with van der Waals surface area (Å²) in [5.41, 5.74) is 0.636. The molecule has 25 heavy (non-hydrogen) atoms. The van der Waals surface area contributed by atoms with Gasteiger partial charge in [-0.25, -0.2) is 0 Å². The molecule has 0 radical (unpaired) electrons. The molecule has 6 heteroatoms. The number of aryl methyl sites for hydroxylation is 1. The van der Waals surface area contributed by atoms with Gasteiger partial charge in [-0.2, -0.15) is 0 Å². The molecule has 0 aliphatic carbocycles. The highest BCUT2D eigenvalue weighted by Gasteiger charge is 2.43. The first-order chi connectivity index (χ1) is 11.6. The van der Waals surface area contributed by atoms with E-state index in [1.54, 1.807) is 24.0 Å². The van der Waals surface area contributed by atoms with E-state index in [9.17, 15) is 19.5 Å². The molecule has 2 rings (SSSR count). The predicted octanol–water partition coefficient (Wildman–Crippen LogP) is 2.07. The summed E-state index contributed by atoms with van der Waals surface area (Å²) in [5, 5.41) is 12.1. The van der Waals surface area contributed by atoms with Crippen LogP contribution in [-0.2, 0) is 9.59 Å². The number of hydrogen-bond donors (Lipinski definition) is 2. The van der Waals surface area contributed by atoms with E-state index in [1.807, 2.05) is 32.9 Å². The second-order valence-electron chi connectivity index (χ2n) is 7.44. The van der Waals surface area contributed by atoms with Crippen LogP contribution in [0.5, 0.6) is 0 Å². The fourth-order valence-electron chi connectivity index (χ4n) is 2.96. The minimum absolute atomic E-state index is 0.0985. The summed E-state index contributed by atoms with van der Waals surface area (Å²) in [6.45, 7) is 7.89. The summed E-state index contributed by atoms with van der Waals surface area (Å²) < 4.78 is 0. The van der Waals surface area contributed by atoms with Crippen molar-refractivity contribution in [2.45, 2.75) is 40.2 Å². The van der Waals surface area contributed by atoms with Crippen LogP contribution in [-0.4, -0.2) is 46.9 Å². The van der Waals surface area contributed by atoms with E-state index < -0.39 is 17.4 Å². The van der Waals surface area contributed by atoms with E-state index in [2.05, 4.69) is 5.32 Å². The average Bonchev–Trinajstić information content (AvgIpc) is 2.96. The van der Waals surface area contributed by atoms with Gasteiger partial charge in [0.25, 0.3) is 5.91 Å². The van der Waals surface area contributed by atoms with E-state index in [-0.39, 0.29) is 24.3 Å². The predicted molar refractivity (Wildman–Crippen MR) is 94.2 cm³/mol. The molecular weight excluding hydrogens is 320 g/mol. The molecule has 2 amide bonds. The molecule has 2 atom stereocenters. The maximum atomic E-state index is 12.8. The van der Waals surface area contributed by atoms with Crippen molar-refractivity contribution in [3.8, 4) is 0 Å². The first-order valence-electron chi connectivity index (χ1n) is 8.54. The van der Waals surface area contributed by atoms with Crippen LogP contribution in [0.3, 0.4) is 0 Å². The molecule has 0 saturated carbocycles. The molecule has 136 valence electrons. The number of carboxylic acids is 1. The Morgan fingerprint density at radius 3 is 2.28 bits per heavy atom. The Balaban J connectivity index is 2.10. The van der Waals surface area contributed by atoms with Crippen LogP contribution in [0.4, 0.5) is 0 Å². The quantitative estimate of drug-likeness (QED) is 0.854. The van der Waals surface area contributed by atoms with E-state index in [0.29, 0.717) is 18.5 Å². The van der Waals surface area contributed by atoms with E-state index in [1.165, 1.54) is 0 Å². The monoisotopic (exact) mass is 346 g/mol. The number of aliphatic carboxylic acids is 1. The molecule has 1 fully saturated rings. The van der Waals surface area contributed by atoms with E-state index in [0.717, 1.165) is 5.56 Å². The number of likely N-dealkylation sites (tertiary alicyclic amines) is 1. The number of rotatable bonds is 5. The van der Waals surface area contributed by atoms with Crippen molar-refractivity contribution in [3.05, 3.63) is 35.4 Å². The molecular formula is C19H26N2O4. The molecule has 1 aromatic carbocycles. The molecule has 0 bridgehead atoms. The highest BCUT2D eigenvalue weighted by Crippen LogP contribution is 2.30. The standard InChI is InChI=1S/C19H26N2O4/c1-12(2)15(20-16(22)14-7-5-13(3)6-8-14)17(23)21-10-9-19(4,11-21)18(24)25/h5-8,12,15H,9-11H2,1-4H3,(H,20,22)(H,24,25). The second-order valence-corrected chi connectivity index (χ2v) is 7.44. The van der Waals surface area contributed by atoms with Gasteiger partial charge in [0.1, 0.15) is 6.04 Å². The summed E-state index contributed by atoms with van der Waals surface area (Å²) in [5.74, 6) is -1.51. The minimum Gasteiger partial charge on any atom is -0.481 e. The number of nitrogens with zero attached hydrogens (tertiary/aromatic N) is 1. The number of benzene rings is 1. The Hall–Kier alpha value is -2.37. The van der Waals surface area contributed by atoms with Gasteiger partial charge in [0, 0.05) is 18.7 Å². The van der Waals surface area contributed by atoms with Crippen molar-refractivity contribution in [2.75, 3.05) is 13.1 Å². The Kier molecular flexibility index (Phi) is 5.50. The number of amides is 2. The summed E-state index contributed by atoms with van der Waals surface area (Å²) in [7, 11) is 0. The van der Waals surface area contributed by atoms with Crippen molar-refractivity contribution >= 4 is 17.8 Å². The lowest BCUT2D eigenvalue weighted by atomic mass is 9.90. The normalized spacial score (nSPS) is 21.2. The molecule has 0 aromatic heterocycles. The van der Waals surface area contributed by atoms with Crippen LogP contribution in [0.15, 0.2) is 24.3 Å². The van der Waals surface area contributed by atoms with Gasteiger partial charge in [-0.1, -0.05) is 31.5 Å². The first kappa shape index (κ1) is 19.0. The summed E-state index contributed by atoms with van der Waals surface area (Å²) in [4.78, 5) is 38.2. The first-order valence-corrected chi connectivity index (χ1v) is 8.54.